The zero-order valence-electron chi connectivity index (χ0n) is 19.2. The molecule has 3 saturated heterocycles. The molecule has 1 aromatic heterocycles. The Labute approximate surface area is 202 Å². The average molecular weight is 480 g/mol. The van der Waals surface area contributed by atoms with Crippen LogP contribution >= 0.6 is 11.5 Å². The fourth-order valence-electron chi connectivity index (χ4n) is 4.87. The molecule has 178 valence electrons. The van der Waals surface area contributed by atoms with Crippen molar-refractivity contribution < 1.29 is 14.3 Å². The fraction of sp³-hybridized carbons (Fsp3) is 0.400. The van der Waals surface area contributed by atoms with Crippen molar-refractivity contribution in [3.63, 3.8) is 0 Å². The van der Waals surface area contributed by atoms with E-state index >= 15 is 0 Å². The number of carbonyl (C=O) groups is 2. The zero-order chi connectivity index (χ0) is 23.5. The highest BCUT2D eigenvalue weighted by molar-refractivity contribution is 7.13. The van der Waals surface area contributed by atoms with Gasteiger partial charge in [0.15, 0.2) is 0 Å². The number of amides is 3. The van der Waals surface area contributed by atoms with Gasteiger partial charge in [0, 0.05) is 30.2 Å². The molecule has 34 heavy (non-hydrogen) atoms. The first kappa shape index (κ1) is 22.6. The van der Waals surface area contributed by atoms with Gasteiger partial charge in [-0.3, -0.25) is 4.79 Å². The second-order valence-electron chi connectivity index (χ2n) is 8.94. The minimum absolute atomic E-state index is 0.110. The van der Waals surface area contributed by atoms with Gasteiger partial charge in [-0.05, 0) is 85.7 Å². The molecule has 4 heterocycles. The normalized spacial score (nSPS) is 21.3. The van der Waals surface area contributed by atoms with E-state index in [0.717, 1.165) is 53.9 Å². The van der Waals surface area contributed by atoms with Gasteiger partial charge in [-0.25, -0.2) is 4.79 Å². The molecule has 6 rings (SSSR count). The molecule has 3 fully saturated rings. The van der Waals surface area contributed by atoms with Crippen LogP contribution in [0, 0.1) is 5.92 Å². The van der Waals surface area contributed by atoms with E-state index in [1.807, 2.05) is 42.5 Å². The summed E-state index contributed by atoms with van der Waals surface area (Å²) in [6, 6.07) is 13.3. The lowest BCUT2D eigenvalue weighted by molar-refractivity contribution is 0.0619. The quantitative estimate of drug-likeness (QED) is 0.482. The number of hydrogen-bond acceptors (Lipinski definition) is 6. The summed E-state index contributed by atoms with van der Waals surface area (Å²) in [6.45, 7) is 3.72. The zero-order valence-corrected chi connectivity index (χ0v) is 20.0. The maximum absolute atomic E-state index is 12.9. The van der Waals surface area contributed by atoms with Crippen molar-refractivity contribution in [2.75, 3.05) is 38.6 Å². The number of carbonyl (C=O) groups excluding carboxylic acids is 2. The first-order valence-corrected chi connectivity index (χ1v) is 12.5. The van der Waals surface area contributed by atoms with Crippen LogP contribution in [0.4, 0.5) is 10.5 Å². The number of nitrogens with one attached hydrogen (secondary N) is 3. The number of benzene rings is 2. The summed E-state index contributed by atoms with van der Waals surface area (Å²) < 4.78 is 10.5. The molecule has 3 aliphatic heterocycles. The second kappa shape index (κ2) is 9.99. The standard InChI is InChI=1S/C25H29N5O3S/c1-33-19-4-2-3-16(13-19)7-10-26-25(32)27-18-5-6-20-22(14-18)34-29-23(20)24(31)28-21-15-30-11-8-17(21)9-12-30/h2-6,13-14,17,21H,7-12,15H2,1H3,(H,28,31)(H2,26,27,32)/t21-/m1/s1. The molecule has 0 spiro atoms. The maximum Gasteiger partial charge on any atom is 0.319 e. The maximum atomic E-state index is 12.9. The van der Waals surface area contributed by atoms with E-state index in [-0.39, 0.29) is 18.0 Å². The van der Waals surface area contributed by atoms with Crippen LogP contribution in [0.15, 0.2) is 42.5 Å². The molecule has 3 aliphatic rings. The van der Waals surface area contributed by atoms with Crippen LogP contribution < -0.4 is 20.7 Å². The highest BCUT2D eigenvalue weighted by Gasteiger charge is 2.35. The van der Waals surface area contributed by atoms with Crippen molar-refractivity contribution in [3.05, 3.63) is 53.7 Å². The number of nitrogens with zero attached hydrogens (tertiary/aromatic N) is 2. The van der Waals surface area contributed by atoms with Crippen LogP contribution in [0.25, 0.3) is 10.1 Å². The number of hydrogen-bond donors (Lipinski definition) is 3. The molecule has 3 N–H and O–H groups in total. The molecule has 0 saturated carbocycles. The van der Waals surface area contributed by atoms with E-state index in [1.54, 1.807) is 7.11 Å². The van der Waals surface area contributed by atoms with Gasteiger partial charge in [0.25, 0.3) is 5.91 Å². The number of anilines is 1. The Kier molecular flexibility index (Phi) is 6.64. The van der Waals surface area contributed by atoms with Crippen molar-refractivity contribution in [1.29, 1.82) is 0 Å². The highest BCUT2D eigenvalue weighted by atomic mass is 32.1. The van der Waals surface area contributed by atoms with Gasteiger partial charge >= 0.3 is 6.03 Å². The Bertz CT molecular complexity index is 1190. The van der Waals surface area contributed by atoms with Crippen LogP contribution in [0.1, 0.15) is 28.9 Å². The Hall–Kier alpha value is -3.17. The minimum Gasteiger partial charge on any atom is -0.497 e. The van der Waals surface area contributed by atoms with Gasteiger partial charge in [0.2, 0.25) is 0 Å². The third kappa shape index (κ3) is 5.00. The summed E-state index contributed by atoms with van der Waals surface area (Å²) in [5.41, 5.74) is 2.22. The predicted octanol–water partition coefficient (Wildman–Crippen LogP) is 3.49. The van der Waals surface area contributed by atoms with Gasteiger partial charge in [-0.15, -0.1) is 0 Å². The number of fused-ring (bicyclic) bond motifs is 4. The van der Waals surface area contributed by atoms with E-state index in [2.05, 4.69) is 25.2 Å². The molecule has 2 bridgehead atoms. The summed E-state index contributed by atoms with van der Waals surface area (Å²) in [5, 5.41) is 9.76. The number of rotatable bonds is 7. The summed E-state index contributed by atoms with van der Waals surface area (Å²) in [5.74, 6) is 1.26. The molecule has 1 atom stereocenters. The van der Waals surface area contributed by atoms with Crippen molar-refractivity contribution in [2.45, 2.75) is 25.3 Å². The van der Waals surface area contributed by atoms with E-state index < -0.39 is 0 Å². The summed E-state index contributed by atoms with van der Waals surface area (Å²) in [6.07, 6.45) is 3.01. The Morgan fingerprint density at radius 3 is 2.79 bits per heavy atom. The molecule has 9 heteroatoms. The molecule has 0 radical (unpaired) electrons. The van der Waals surface area contributed by atoms with Crippen molar-refractivity contribution in [1.82, 2.24) is 19.9 Å². The van der Waals surface area contributed by atoms with Crippen LogP contribution in [-0.4, -0.2) is 60.5 Å². The van der Waals surface area contributed by atoms with E-state index in [0.29, 0.717) is 30.3 Å². The van der Waals surface area contributed by atoms with Gasteiger partial charge in [0.1, 0.15) is 11.4 Å². The summed E-state index contributed by atoms with van der Waals surface area (Å²) in [7, 11) is 1.64. The Morgan fingerprint density at radius 1 is 1.18 bits per heavy atom. The number of aromatic nitrogens is 1. The van der Waals surface area contributed by atoms with Crippen molar-refractivity contribution in [3.8, 4) is 5.75 Å². The lowest BCUT2D eigenvalue weighted by atomic mass is 9.84. The van der Waals surface area contributed by atoms with E-state index in [9.17, 15) is 9.59 Å². The van der Waals surface area contributed by atoms with Gasteiger partial charge < -0.3 is 25.6 Å². The lowest BCUT2D eigenvalue weighted by Gasteiger charge is -2.44. The van der Waals surface area contributed by atoms with Crippen LogP contribution in [0.3, 0.4) is 0 Å². The third-order valence-corrected chi connectivity index (χ3v) is 7.56. The Balaban J connectivity index is 1.16. The lowest BCUT2D eigenvalue weighted by Crippen LogP contribution is -2.57. The largest absolute Gasteiger partial charge is 0.497 e. The minimum atomic E-state index is -0.271. The van der Waals surface area contributed by atoms with Crippen molar-refractivity contribution in [2.24, 2.45) is 5.92 Å². The van der Waals surface area contributed by atoms with E-state index in [1.165, 1.54) is 11.5 Å². The molecular weight excluding hydrogens is 450 g/mol. The molecular formula is C25H29N5O3S. The highest BCUT2D eigenvalue weighted by Crippen LogP contribution is 2.29. The molecule has 0 unspecified atom stereocenters. The molecule has 3 aromatic rings. The van der Waals surface area contributed by atoms with Crippen LogP contribution in [-0.2, 0) is 6.42 Å². The molecule has 8 nitrogen and oxygen atoms in total. The second-order valence-corrected chi connectivity index (χ2v) is 9.75. The monoisotopic (exact) mass is 479 g/mol. The van der Waals surface area contributed by atoms with Crippen LogP contribution in [0.5, 0.6) is 5.75 Å². The number of methoxy groups -OCH3 is 1. The van der Waals surface area contributed by atoms with Gasteiger partial charge in [-0.2, -0.15) is 4.37 Å². The molecule has 3 amide bonds. The summed E-state index contributed by atoms with van der Waals surface area (Å²) in [4.78, 5) is 27.7. The van der Waals surface area contributed by atoms with Gasteiger partial charge in [0.05, 0.1) is 11.8 Å². The first-order chi connectivity index (χ1) is 16.6. The number of piperidine rings is 3. The summed E-state index contributed by atoms with van der Waals surface area (Å²) >= 11 is 1.27. The van der Waals surface area contributed by atoms with Crippen molar-refractivity contribution >= 4 is 39.2 Å². The molecule has 0 aliphatic carbocycles. The average Bonchev–Trinajstić information content (AvgIpc) is 3.28. The predicted molar refractivity (Wildman–Crippen MR) is 134 cm³/mol. The topological polar surface area (TPSA) is 95.6 Å². The van der Waals surface area contributed by atoms with Gasteiger partial charge in [-0.1, -0.05) is 12.1 Å². The molecule has 2 aromatic carbocycles. The Morgan fingerprint density at radius 2 is 2.03 bits per heavy atom. The fourth-order valence-corrected chi connectivity index (χ4v) is 5.68. The number of ether oxygens (including phenoxy) is 1. The van der Waals surface area contributed by atoms with Crippen LogP contribution in [0.2, 0.25) is 0 Å². The van der Waals surface area contributed by atoms with E-state index in [4.69, 9.17) is 4.74 Å². The first-order valence-electron chi connectivity index (χ1n) is 11.7. The number of urea groups is 1. The smallest absolute Gasteiger partial charge is 0.319 e. The third-order valence-electron chi connectivity index (χ3n) is 6.75. The SMILES string of the molecule is COc1cccc(CCNC(=O)Nc2ccc3c(C(=O)N[C@@H]4CN5CCC4CC5)nsc3c2)c1.